The molecule has 0 unspecified atom stereocenters. The smallest absolute Gasteiger partial charge is 0.253 e. The maximum absolute atomic E-state index is 6.48. The highest BCUT2D eigenvalue weighted by atomic mass is 16.5. The molecule has 0 fully saturated rings. The molecule has 2 nitrogen and oxygen atoms in total. The lowest BCUT2D eigenvalue weighted by molar-refractivity contribution is 0.489. The van der Waals surface area contributed by atoms with Gasteiger partial charge in [-0.2, -0.15) is 0 Å². The highest BCUT2D eigenvalue weighted by Crippen LogP contribution is 2.40. The van der Waals surface area contributed by atoms with Crippen molar-refractivity contribution in [2.45, 2.75) is 0 Å². The fourth-order valence-electron chi connectivity index (χ4n) is 5.61. The molecule has 3 heteroatoms. The number of rotatable bonds is 0. The van der Waals surface area contributed by atoms with E-state index >= 15 is 0 Å². The zero-order chi connectivity index (χ0) is 18.7. The first-order chi connectivity index (χ1) is 14.4. The van der Waals surface area contributed by atoms with Crippen molar-refractivity contribution in [2.75, 3.05) is 0 Å². The molecule has 132 valence electrons. The summed E-state index contributed by atoms with van der Waals surface area (Å²) in [5, 5.41) is 7.51. The van der Waals surface area contributed by atoms with Crippen molar-refractivity contribution < 1.29 is 9.15 Å². The van der Waals surface area contributed by atoms with Crippen molar-refractivity contribution in [3.63, 3.8) is 0 Å². The highest BCUT2D eigenvalue weighted by molar-refractivity contribution is 7.02. The Kier molecular flexibility index (Phi) is 2.29. The molecule has 6 aromatic rings. The van der Waals surface area contributed by atoms with Crippen molar-refractivity contribution in [2.24, 2.45) is 0 Å². The molecular formula is C26H13BO2. The second-order valence-electron chi connectivity index (χ2n) is 8.07. The van der Waals surface area contributed by atoms with Crippen LogP contribution in [0.3, 0.4) is 0 Å². The van der Waals surface area contributed by atoms with Crippen LogP contribution >= 0.6 is 0 Å². The molecule has 5 aromatic carbocycles. The van der Waals surface area contributed by atoms with E-state index in [-0.39, 0.29) is 6.71 Å². The fraction of sp³-hybridized carbons (Fsp3) is 0. The minimum atomic E-state index is 0.142. The Labute approximate surface area is 166 Å². The Morgan fingerprint density at radius 2 is 1.34 bits per heavy atom. The van der Waals surface area contributed by atoms with Gasteiger partial charge in [0.1, 0.15) is 22.7 Å². The number of benzene rings is 5. The van der Waals surface area contributed by atoms with Crippen molar-refractivity contribution in [3.05, 3.63) is 78.9 Å². The number of hydrogen-bond acceptors (Lipinski definition) is 2. The molecule has 0 atom stereocenters. The monoisotopic (exact) mass is 368 g/mol. The lowest BCUT2D eigenvalue weighted by Gasteiger charge is -2.31. The first-order valence-electron chi connectivity index (χ1n) is 9.99. The van der Waals surface area contributed by atoms with Crippen molar-refractivity contribution in [1.82, 2.24) is 0 Å². The maximum atomic E-state index is 6.48. The normalized spacial score (nSPS) is 13.7. The van der Waals surface area contributed by atoms with Crippen LogP contribution in [-0.2, 0) is 0 Å². The van der Waals surface area contributed by atoms with Gasteiger partial charge in [-0.3, -0.25) is 0 Å². The predicted molar refractivity (Wildman–Crippen MR) is 120 cm³/mol. The van der Waals surface area contributed by atoms with Crippen LogP contribution in [0.1, 0.15) is 0 Å². The lowest BCUT2D eigenvalue weighted by atomic mass is 9.33. The van der Waals surface area contributed by atoms with Crippen LogP contribution in [0.25, 0.3) is 43.5 Å². The molecule has 8 rings (SSSR count). The van der Waals surface area contributed by atoms with E-state index in [0.717, 1.165) is 22.7 Å². The van der Waals surface area contributed by atoms with Crippen LogP contribution in [0, 0.1) is 0 Å². The minimum Gasteiger partial charge on any atom is -0.458 e. The van der Waals surface area contributed by atoms with Crippen molar-refractivity contribution >= 4 is 66.6 Å². The molecule has 1 aromatic heterocycles. The summed E-state index contributed by atoms with van der Waals surface area (Å²) in [6, 6.07) is 27.9. The van der Waals surface area contributed by atoms with E-state index in [1.54, 1.807) is 0 Å². The maximum Gasteiger partial charge on any atom is 0.253 e. The van der Waals surface area contributed by atoms with E-state index in [1.165, 1.54) is 48.7 Å². The summed E-state index contributed by atoms with van der Waals surface area (Å²) in [5.41, 5.74) is 5.78. The Morgan fingerprint density at radius 3 is 2.31 bits per heavy atom. The van der Waals surface area contributed by atoms with E-state index in [1.807, 2.05) is 0 Å². The molecule has 29 heavy (non-hydrogen) atoms. The second kappa shape index (κ2) is 4.64. The summed E-state index contributed by atoms with van der Waals surface area (Å²) in [4.78, 5) is 0. The first-order valence-corrected chi connectivity index (χ1v) is 9.99. The molecule has 0 amide bonds. The zero-order valence-corrected chi connectivity index (χ0v) is 15.4. The average molecular weight is 368 g/mol. The third kappa shape index (κ3) is 1.55. The summed E-state index contributed by atoms with van der Waals surface area (Å²) >= 11 is 0. The van der Waals surface area contributed by atoms with Crippen LogP contribution in [0.4, 0.5) is 0 Å². The molecule has 2 aliphatic rings. The highest BCUT2D eigenvalue weighted by Gasteiger charge is 2.40. The summed E-state index contributed by atoms with van der Waals surface area (Å²) in [6.07, 6.45) is 0. The van der Waals surface area contributed by atoms with E-state index in [9.17, 15) is 0 Å². The van der Waals surface area contributed by atoms with E-state index in [4.69, 9.17) is 9.15 Å². The predicted octanol–water partition coefficient (Wildman–Crippen LogP) is 4.83. The van der Waals surface area contributed by atoms with Crippen LogP contribution in [0.2, 0.25) is 0 Å². The summed E-state index contributed by atoms with van der Waals surface area (Å²) in [5.74, 6) is 1.92. The van der Waals surface area contributed by atoms with Gasteiger partial charge in [0.2, 0.25) is 0 Å². The molecule has 0 bridgehead atoms. The Morgan fingerprint density at radius 1 is 0.552 bits per heavy atom. The third-order valence-electron chi connectivity index (χ3n) is 6.72. The zero-order valence-electron chi connectivity index (χ0n) is 15.4. The number of hydrogen-bond donors (Lipinski definition) is 0. The standard InChI is InChI=1S/C26H13BO2/c1-2-5-16-14(4-1)8-12-20-25(16)27-17-6-3-7-18-23(17)24-19(28-18)11-9-15-10-13-21(29-20)26(27)22(15)24/h1-13H. The van der Waals surface area contributed by atoms with Crippen molar-refractivity contribution in [3.8, 4) is 11.5 Å². The van der Waals surface area contributed by atoms with Gasteiger partial charge in [-0.1, -0.05) is 60.1 Å². The van der Waals surface area contributed by atoms with E-state index in [0.29, 0.717) is 0 Å². The van der Waals surface area contributed by atoms with Gasteiger partial charge < -0.3 is 9.15 Å². The summed E-state index contributed by atoms with van der Waals surface area (Å²) in [6.45, 7) is 0.142. The Bertz CT molecular complexity index is 1690. The topological polar surface area (TPSA) is 22.4 Å². The first kappa shape index (κ1) is 14.3. The van der Waals surface area contributed by atoms with E-state index < -0.39 is 0 Å². The van der Waals surface area contributed by atoms with Gasteiger partial charge in [-0.05, 0) is 56.7 Å². The molecule has 0 saturated heterocycles. The largest absolute Gasteiger partial charge is 0.458 e. The second-order valence-corrected chi connectivity index (χ2v) is 8.07. The molecule has 3 heterocycles. The molecule has 2 aliphatic heterocycles. The summed E-state index contributed by atoms with van der Waals surface area (Å²) in [7, 11) is 0. The van der Waals surface area contributed by atoms with Gasteiger partial charge in [-0.25, -0.2) is 0 Å². The third-order valence-corrected chi connectivity index (χ3v) is 6.72. The van der Waals surface area contributed by atoms with Gasteiger partial charge in [-0.15, -0.1) is 0 Å². The number of fused-ring (bicyclic) bond motifs is 5. The van der Waals surface area contributed by atoms with Crippen LogP contribution < -0.4 is 21.1 Å². The Balaban J connectivity index is 1.68. The Hall–Kier alpha value is -3.72. The molecular weight excluding hydrogens is 355 g/mol. The molecule has 0 N–H and O–H groups in total. The molecule has 0 aliphatic carbocycles. The van der Waals surface area contributed by atoms with Crippen molar-refractivity contribution in [1.29, 1.82) is 0 Å². The van der Waals surface area contributed by atoms with Gasteiger partial charge in [0, 0.05) is 10.8 Å². The fourth-order valence-corrected chi connectivity index (χ4v) is 5.61. The molecule has 0 radical (unpaired) electrons. The van der Waals surface area contributed by atoms with E-state index in [2.05, 4.69) is 78.9 Å². The van der Waals surface area contributed by atoms with Gasteiger partial charge in [0.25, 0.3) is 6.71 Å². The number of ether oxygens (including phenoxy) is 1. The SMILES string of the molecule is c1ccc2c3c(ccc2c1)Oc1ccc2ccc4oc5cccc6c5c4c2c1B36. The van der Waals surface area contributed by atoms with Crippen LogP contribution in [0.15, 0.2) is 83.3 Å². The quantitative estimate of drug-likeness (QED) is 0.358. The van der Waals surface area contributed by atoms with Gasteiger partial charge in [0.05, 0.1) is 0 Å². The van der Waals surface area contributed by atoms with Crippen LogP contribution in [0.5, 0.6) is 11.5 Å². The average Bonchev–Trinajstić information content (AvgIpc) is 3.16. The number of furan rings is 1. The van der Waals surface area contributed by atoms with Gasteiger partial charge >= 0.3 is 0 Å². The minimum absolute atomic E-state index is 0.142. The summed E-state index contributed by atoms with van der Waals surface area (Å²) < 4.78 is 12.7. The molecule has 0 spiro atoms. The molecule has 0 saturated carbocycles. The lowest BCUT2D eigenvalue weighted by Crippen LogP contribution is -2.56. The van der Waals surface area contributed by atoms with Gasteiger partial charge in [0.15, 0.2) is 0 Å². The van der Waals surface area contributed by atoms with Crippen LogP contribution in [-0.4, -0.2) is 6.71 Å².